The number of nitrogens with zero attached hydrogens (tertiary/aromatic N) is 2. The molecule has 2 rings (SSSR count). The van der Waals surface area contributed by atoms with Crippen molar-refractivity contribution in [3.05, 3.63) is 23.5 Å². The zero-order valence-electron chi connectivity index (χ0n) is 11.4. The van der Waals surface area contributed by atoms with Crippen molar-refractivity contribution in [2.45, 2.75) is 27.2 Å². The van der Waals surface area contributed by atoms with Gasteiger partial charge in [-0.2, -0.15) is 0 Å². The Morgan fingerprint density at radius 2 is 2.39 bits per heavy atom. The van der Waals surface area contributed by atoms with E-state index in [1.54, 1.807) is 6.20 Å². The predicted octanol–water partition coefficient (Wildman–Crippen LogP) is 2.30. The lowest BCUT2D eigenvalue weighted by Crippen LogP contribution is -2.29. The van der Waals surface area contributed by atoms with Gasteiger partial charge in [0, 0.05) is 31.5 Å². The minimum absolute atomic E-state index is 0.0998. The summed E-state index contributed by atoms with van der Waals surface area (Å²) in [6.45, 7) is 8.68. The molecule has 0 radical (unpaired) electrons. The molecule has 1 aromatic rings. The molecule has 18 heavy (non-hydrogen) atoms. The predicted molar refractivity (Wildman–Crippen MR) is 72.8 cm³/mol. The first-order chi connectivity index (χ1) is 8.61. The van der Waals surface area contributed by atoms with Crippen molar-refractivity contribution in [2.75, 3.05) is 25.0 Å². The summed E-state index contributed by atoms with van der Waals surface area (Å²) in [5.74, 6) is 0.706. The van der Waals surface area contributed by atoms with Crippen LogP contribution in [0.15, 0.2) is 12.3 Å². The fourth-order valence-electron chi connectivity index (χ4n) is 2.36. The van der Waals surface area contributed by atoms with Crippen LogP contribution < -0.4 is 5.32 Å². The monoisotopic (exact) mass is 247 g/mol. The van der Waals surface area contributed by atoms with Crippen LogP contribution in [0.5, 0.6) is 0 Å². The Balaban J connectivity index is 2.23. The van der Waals surface area contributed by atoms with Crippen LogP contribution >= 0.6 is 0 Å². The zero-order valence-corrected chi connectivity index (χ0v) is 11.4. The van der Waals surface area contributed by atoms with Gasteiger partial charge in [-0.3, -0.25) is 9.78 Å². The number of hydrogen-bond acceptors (Lipinski definition) is 3. The van der Waals surface area contributed by atoms with Gasteiger partial charge >= 0.3 is 0 Å². The number of amides is 1. The summed E-state index contributed by atoms with van der Waals surface area (Å²) in [6.07, 6.45) is 2.79. The molecule has 1 atom stereocenters. The summed E-state index contributed by atoms with van der Waals surface area (Å²) in [5, 5.41) is 3.25. The maximum absolute atomic E-state index is 12.4. The topological polar surface area (TPSA) is 45.2 Å². The zero-order chi connectivity index (χ0) is 13.1. The van der Waals surface area contributed by atoms with Crippen molar-refractivity contribution in [3.8, 4) is 0 Å². The summed E-state index contributed by atoms with van der Waals surface area (Å²) in [5.41, 5.74) is 2.52. The van der Waals surface area contributed by atoms with E-state index in [2.05, 4.69) is 17.2 Å². The van der Waals surface area contributed by atoms with Gasteiger partial charge in [-0.15, -0.1) is 0 Å². The van der Waals surface area contributed by atoms with E-state index in [1.807, 2.05) is 24.8 Å². The molecule has 0 aromatic carbocycles. The average Bonchev–Trinajstić information content (AvgIpc) is 2.76. The molecule has 98 valence electrons. The second-order valence-electron chi connectivity index (χ2n) is 5.05. The van der Waals surface area contributed by atoms with E-state index >= 15 is 0 Å². The molecule has 1 aliphatic rings. The number of nitrogens with one attached hydrogen (secondary N) is 1. The minimum Gasteiger partial charge on any atom is -0.385 e. The van der Waals surface area contributed by atoms with Gasteiger partial charge in [0.05, 0.1) is 11.3 Å². The smallest absolute Gasteiger partial charge is 0.257 e. The molecule has 1 aromatic heterocycles. The van der Waals surface area contributed by atoms with Crippen molar-refractivity contribution < 1.29 is 4.79 Å². The van der Waals surface area contributed by atoms with Crippen LogP contribution in [0.4, 0.5) is 5.69 Å². The van der Waals surface area contributed by atoms with Gasteiger partial charge in [-0.25, -0.2) is 0 Å². The molecule has 0 bridgehead atoms. The van der Waals surface area contributed by atoms with Crippen LogP contribution in [0.1, 0.15) is 36.3 Å². The van der Waals surface area contributed by atoms with Gasteiger partial charge in [0.2, 0.25) is 0 Å². The third kappa shape index (κ3) is 2.63. The van der Waals surface area contributed by atoms with E-state index in [0.717, 1.165) is 37.4 Å². The lowest BCUT2D eigenvalue weighted by Gasteiger charge is -2.18. The number of anilines is 1. The maximum Gasteiger partial charge on any atom is 0.257 e. The van der Waals surface area contributed by atoms with Gasteiger partial charge in [-0.05, 0) is 32.3 Å². The Kier molecular flexibility index (Phi) is 3.84. The first-order valence-corrected chi connectivity index (χ1v) is 6.61. The molecule has 4 nitrogen and oxygen atoms in total. The maximum atomic E-state index is 12.4. The summed E-state index contributed by atoms with van der Waals surface area (Å²) >= 11 is 0. The Labute approximate surface area is 108 Å². The van der Waals surface area contributed by atoms with E-state index in [-0.39, 0.29) is 5.91 Å². The molecule has 2 heterocycles. The molecule has 1 amide bonds. The van der Waals surface area contributed by atoms with Crippen molar-refractivity contribution in [3.63, 3.8) is 0 Å². The molecule has 0 spiro atoms. The van der Waals surface area contributed by atoms with Crippen molar-refractivity contribution in [1.82, 2.24) is 9.88 Å². The second-order valence-corrected chi connectivity index (χ2v) is 5.05. The van der Waals surface area contributed by atoms with Gasteiger partial charge in [0.15, 0.2) is 0 Å². The van der Waals surface area contributed by atoms with E-state index in [9.17, 15) is 4.79 Å². The van der Waals surface area contributed by atoms with Gasteiger partial charge in [0.25, 0.3) is 5.91 Å². The largest absolute Gasteiger partial charge is 0.385 e. The lowest BCUT2D eigenvalue weighted by molar-refractivity contribution is 0.0788. The summed E-state index contributed by atoms with van der Waals surface area (Å²) < 4.78 is 0. The molecule has 0 saturated carbocycles. The van der Waals surface area contributed by atoms with Crippen LogP contribution in [0.25, 0.3) is 0 Å². The highest BCUT2D eigenvalue weighted by molar-refractivity contribution is 5.99. The first kappa shape index (κ1) is 12.9. The molecule has 4 heteroatoms. The Hall–Kier alpha value is -1.58. The van der Waals surface area contributed by atoms with Gasteiger partial charge in [0.1, 0.15) is 0 Å². The van der Waals surface area contributed by atoms with Crippen LogP contribution in [0, 0.1) is 12.8 Å². The third-order valence-corrected chi connectivity index (χ3v) is 3.35. The van der Waals surface area contributed by atoms with Crippen molar-refractivity contribution in [1.29, 1.82) is 0 Å². The standard InChI is InChI=1S/C14H21N3O/c1-4-15-13-7-11(3)16-8-12(13)14(18)17-6-5-10(2)9-17/h7-8,10H,4-6,9H2,1-3H3,(H,15,16). The van der Waals surface area contributed by atoms with E-state index in [0.29, 0.717) is 11.5 Å². The fourth-order valence-corrected chi connectivity index (χ4v) is 2.36. The molecule has 1 saturated heterocycles. The molecule has 1 N–H and O–H groups in total. The number of aromatic nitrogens is 1. The minimum atomic E-state index is 0.0998. The fraction of sp³-hybridized carbons (Fsp3) is 0.571. The Morgan fingerprint density at radius 3 is 3.00 bits per heavy atom. The van der Waals surface area contributed by atoms with Crippen molar-refractivity contribution in [2.24, 2.45) is 5.92 Å². The van der Waals surface area contributed by atoms with Crippen LogP contribution in [-0.4, -0.2) is 35.4 Å². The number of rotatable bonds is 3. The second kappa shape index (κ2) is 5.38. The average molecular weight is 247 g/mol. The number of pyridine rings is 1. The highest BCUT2D eigenvalue weighted by atomic mass is 16.2. The first-order valence-electron chi connectivity index (χ1n) is 6.61. The molecule has 1 aliphatic heterocycles. The Morgan fingerprint density at radius 1 is 1.61 bits per heavy atom. The number of hydrogen-bond donors (Lipinski definition) is 1. The van der Waals surface area contributed by atoms with Gasteiger partial charge < -0.3 is 10.2 Å². The van der Waals surface area contributed by atoms with Crippen LogP contribution in [-0.2, 0) is 0 Å². The molecular weight excluding hydrogens is 226 g/mol. The summed E-state index contributed by atoms with van der Waals surface area (Å²) in [7, 11) is 0. The molecular formula is C14H21N3O. The van der Waals surface area contributed by atoms with Crippen LogP contribution in [0.3, 0.4) is 0 Å². The third-order valence-electron chi connectivity index (χ3n) is 3.35. The number of aryl methyl sites for hydroxylation is 1. The normalized spacial score (nSPS) is 19.1. The quantitative estimate of drug-likeness (QED) is 0.891. The van der Waals surface area contributed by atoms with E-state index in [1.165, 1.54) is 0 Å². The summed E-state index contributed by atoms with van der Waals surface area (Å²) in [6, 6.07) is 1.94. The molecule has 1 unspecified atom stereocenters. The van der Waals surface area contributed by atoms with E-state index in [4.69, 9.17) is 0 Å². The van der Waals surface area contributed by atoms with Crippen LogP contribution in [0.2, 0.25) is 0 Å². The SMILES string of the molecule is CCNc1cc(C)ncc1C(=O)N1CCC(C)C1. The van der Waals surface area contributed by atoms with Crippen molar-refractivity contribution >= 4 is 11.6 Å². The Bertz CT molecular complexity index is 445. The van der Waals surface area contributed by atoms with Gasteiger partial charge in [-0.1, -0.05) is 6.92 Å². The number of carbonyl (C=O) groups is 1. The highest BCUT2D eigenvalue weighted by Gasteiger charge is 2.25. The molecule has 0 aliphatic carbocycles. The highest BCUT2D eigenvalue weighted by Crippen LogP contribution is 2.22. The number of carbonyl (C=O) groups excluding carboxylic acids is 1. The summed E-state index contributed by atoms with van der Waals surface area (Å²) in [4.78, 5) is 18.6. The van der Waals surface area contributed by atoms with E-state index < -0.39 is 0 Å². The molecule has 1 fully saturated rings. The lowest BCUT2D eigenvalue weighted by atomic mass is 10.1. The number of likely N-dealkylation sites (tertiary alicyclic amines) is 1.